The molecule has 96 valence electrons. The molecule has 3 N–H and O–H groups in total. The number of hydrogen-bond acceptors (Lipinski definition) is 7. The minimum absolute atomic E-state index is 0.0257. The lowest BCUT2D eigenvalue weighted by atomic mass is 10.4. The van der Waals surface area contributed by atoms with E-state index < -0.39 is 0 Å². The summed E-state index contributed by atoms with van der Waals surface area (Å²) in [6, 6.07) is 0. The van der Waals surface area contributed by atoms with Crippen LogP contribution in [0.1, 0.15) is 0 Å². The second kappa shape index (κ2) is 6.87. The van der Waals surface area contributed by atoms with E-state index in [1.54, 1.807) is 11.9 Å². The van der Waals surface area contributed by atoms with Gasteiger partial charge in [0.1, 0.15) is 6.33 Å². The molecule has 0 amide bonds. The Kier molecular flexibility index (Phi) is 5.44. The lowest BCUT2D eigenvalue weighted by Crippen LogP contribution is -2.31. The maximum absolute atomic E-state index is 8.99. The van der Waals surface area contributed by atoms with E-state index in [4.69, 9.17) is 14.9 Å². The van der Waals surface area contributed by atoms with Gasteiger partial charge in [-0.1, -0.05) is 0 Å². The van der Waals surface area contributed by atoms with Gasteiger partial charge in [-0.15, -0.1) is 0 Å². The summed E-state index contributed by atoms with van der Waals surface area (Å²) in [5.74, 6) is 1.62. The molecule has 1 aromatic heterocycles. The van der Waals surface area contributed by atoms with Crippen LogP contribution in [0.4, 0.5) is 11.6 Å². The highest BCUT2D eigenvalue weighted by atomic mass is 16.5. The molecule has 1 rings (SSSR count). The predicted molar refractivity (Wildman–Crippen MR) is 64.5 cm³/mol. The van der Waals surface area contributed by atoms with E-state index in [0.29, 0.717) is 30.5 Å². The van der Waals surface area contributed by atoms with Crippen LogP contribution < -0.4 is 15.0 Å². The molecular formula is C10H18N4O3. The average molecular weight is 242 g/mol. The summed E-state index contributed by atoms with van der Waals surface area (Å²) >= 11 is 0. The SMILES string of the molecule is CNc1ncnc(N(CCO)CCO)c1OC. The molecule has 0 unspecified atom stereocenters. The van der Waals surface area contributed by atoms with Gasteiger partial charge >= 0.3 is 0 Å². The van der Waals surface area contributed by atoms with Gasteiger partial charge in [-0.25, -0.2) is 9.97 Å². The molecule has 1 aromatic rings. The Morgan fingerprint density at radius 1 is 1.29 bits per heavy atom. The largest absolute Gasteiger partial charge is 0.490 e. The molecule has 17 heavy (non-hydrogen) atoms. The maximum atomic E-state index is 8.99. The Morgan fingerprint density at radius 2 is 1.94 bits per heavy atom. The van der Waals surface area contributed by atoms with Crippen molar-refractivity contribution in [2.75, 3.05) is 50.7 Å². The Morgan fingerprint density at radius 3 is 2.41 bits per heavy atom. The van der Waals surface area contributed by atoms with Gasteiger partial charge in [-0.05, 0) is 0 Å². The number of aliphatic hydroxyl groups is 2. The Bertz CT molecular complexity index is 342. The van der Waals surface area contributed by atoms with Crippen LogP contribution in [0, 0.1) is 0 Å². The lowest BCUT2D eigenvalue weighted by molar-refractivity contribution is 0.279. The normalized spacial score (nSPS) is 10.1. The fourth-order valence-electron chi connectivity index (χ4n) is 1.52. The van der Waals surface area contributed by atoms with Crippen molar-refractivity contribution in [1.29, 1.82) is 0 Å². The summed E-state index contributed by atoms with van der Waals surface area (Å²) in [5.41, 5.74) is 0. The van der Waals surface area contributed by atoms with Crippen LogP contribution in [0.3, 0.4) is 0 Å². The fourth-order valence-corrected chi connectivity index (χ4v) is 1.52. The number of rotatable bonds is 7. The second-order valence-electron chi connectivity index (χ2n) is 3.26. The van der Waals surface area contributed by atoms with Gasteiger partial charge in [0.2, 0.25) is 5.75 Å². The van der Waals surface area contributed by atoms with Gasteiger partial charge in [-0.3, -0.25) is 0 Å². The van der Waals surface area contributed by atoms with Gasteiger partial charge in [0.25, 0.3) is 0 Å². The smallest absolute Gasteiger partial charge is 0.204 e. The van der Waals surface area contributed by atoms with Gasteiger partial charge in [0.15, 0.2) is 11.6 Å². The number of hydrogen-bond donors (Lipinski definition) is 3. The summed E-state index contributed by atoms with van der Waals surface area (Å²) in [4.78, 5) is 9.89. The standard InChI is InChI=1S/C10H18N4O3/c1-11-9-8(17-2)10(13-7-12-9)14(3-5-15)4-6-16/h7,15-16H,3-6H2,1-2H3,(H,11,12,13). The van der Waals surface area contributed by atoms with Crippen molar-refractivity contribution in [3.05, 3.63) is 6.33 Å². The zero-order valence-corrected chi connectivity index (χ0v) is 10.1. The second-order valence-corrected chi connectivity index (χ2v) is 3.26. The number of aromatic nitrogens is 2. The summed E-state index contributed by atoms with van der Waals surface area (Å²) in [7, 11) is 3.26. The van der Waals surface area contributed by atoms with Crippen LogP contribution in [-0.2, 0) is 0 Å². The van der Waals surface area contributed by atoms with Crippen molar-refractivity contribution in [2.45, 2.75) is 0 Å². The van der Waals surface area contributed by atoms with Crippen LogP contribution in [0.15, 0.2) is 6.33 Å². The molecule has 0 radical (unpaired) electrons. The van der Waals surface area contributed by atoms with Crippen LogP contribution in [-0.4, -0.2) is 60.6 Å². The predicted octanol–water partition coefficient (Wildman–Crippen LogP) is -0.682. The highest BCUT2D eigenvalue weighted by Crippen LogP contribution is 2.31. The Hall–Kier alpha value is -1.60. The fraction of sp³-hybridized carbons (Fsp3) is 0.600. The van der Waals surface area contributed by atoms with E-state index in [1.165, 1.54) is 13.4 Å². The summed E-state index contributed by atoms with van der Waals surface area (Å²) in [6.07, 6.45) is 1.41. The highest BCUT2D eigenvalue weighted by Gasteiger charge is 2.16. The van der Waals surface area contributed by atoms with Crippen LogP contribution in [0.25, 0.3) is 0 Å². The zero-order valence-electron chi connectivity index (χ0n) is 10.1. The number of nitrogens with one attached hydrogen (secondary N) is 1. The number of anilines is 2. The molecule has 0 aliphatic rings. The van der Waals surface area contributed by atoms with Gasteiger partial charge in [-0.2, -0.15) is 0 Å². The van der Waals surface area contributed by atoms with Crippen LogP contribution in [0.5, 0.6) is 5.75 Å². The molecule has 0 fully saturated rings. The Balaban J connectivity index is 3.07. The third kappa shape index (κ3) is 3.18. The Labute approximate surface area is 100 Å². The summed E-state index contributed by atoms with van der Waals surface area (Å²) in [6.45, 7) is 0.693. The molecule has 0 aliphatic carbocycles. The van der Waals surface area contributed by atoms with Crippen LogP contribution >= 0.6 is 0 Å². The molecule has 7 heteroatoms. The van der Waals surface area contributed by atoms with Crippen molar-refractivity contribution in [3.8, 4) is 5.75 Å². The molecule has 1 heterocycles. The minimum atomic E-state index is -0.0257. The topological polar surface area (TPSA) is 90.7 Å². The first-order chi connectivity index (χ1) is 8.28. The monoisotopic (exact) mass is 242 g/mol. The van der Waals surface area contributed by atoms with E-state index in [-0.39, 0.29) is 13.2 Å². The first-order valence-corrected chi connectivity index (χ1v) is 5.31. The van der Waals surface area contributed by atoms with Gasteiger partial charge in [0.05, 0.1) is 20.3 Å². The maximum Gasteiger partial charge on any atom is 0.204 e. The number of nitrogens with zero attached hydrogens (tertiary/aromatic N) is 3. The first-order valence-electron chi connectivity index (χ1n) is 5.31. The number of methoxy groups -OCH3 is 1. The van der Waals surface area contributed by atoms with E-state index >= 15 is 0 Å². The van der Waals surface area contributed by atoms with Crippen molar-refractivity contribution < 1.29 is 14.9 Å². The molecule has 0 bridgehead atoms. The lowest BCUT2D eigenvalue weighted by Gasteiger charge is -2.24. The third-order valence-electron chi connectivity index (χ3n) is 2.27. The molecule has 0 spiro atoms. The van der Waals surface area contributed by atoms with Crippen molar-refractivity contribution in [1.82, 2.24) is 9.97 Å². The van der Waals surface area contributed by atoms with E-state index in [2.05, 4.69) is 15.3 Å². The molecule has 0 aliphatic heterocycles. The zero-order chi connectivity index (χ0) is 12.7. The number of ether oxygens (including phenoxy) is 1. The molecule has 0 aromatic carbocycles. The highest BCUT2D eigenvalue weighted by molar-refractivity contribution is 5.64. The molecule has 7 nitrogen and oxygen atoms in total. The average Bonchev–Trinajstić information content (AvgIpc) is 2.37. The van der Waals surface area contributed by atoms with E-state index in [9.17, 15) is 0 Å². The van der Waals surface area contributed by atoms with E-state index in [1.807, 2.05) is 0 Å². The summed E-state index contributed by atoms with van der Waals surface area (Å²) < 4.78 is 5.25. The van der Waals surface area contributed by atoms with Crippen LogP contribution in [0.2, 0.25) is 0 Å². The first kappa shape index (κ1) is 13.5. The molecule has 0 atom stereocenters. The summed E-state index contributed by atoms with van der Waals surface area (Å²) in [5, 5.41) is 20.9. The van der Waals surface area contributed by atoms with Crippen molar-refractivity contribution in [2.24, 2.45) is 0 Å². The quantitative estimate of drug-likeness (QED) is 0.583. The van der Waals surface area contributed by atoms with Crippen molar-refractivity contribution >= 4 is 11.6 Å². The van der Waals surface area contributed by atoms with Crippen molar-refractivity contribution in [3.63, 3.8) is 0 Å². The van der Waals surface area contributed by atoms with Gasteiger partial charge in [0, 0.05) is 20.1 Å². The third-order valence-corrected chi connectivity index (χ3v) is 2.27. The molecular weight excluding hydrogens is 224 g/mol. The molecule has 0 saturated carbocycles. The van der Waals surface area contributed by atoms with E-state index in [0.717, 1.165) is 0 Å². The number of aliphatic hydroxyl groups excluding tert-OH is 2. The molecule has 0 saturated heterocycles. The van der Waals surface area contributed by atoms with Gasteiger partial charge < -0.3 is 25.2 Å². The minimum Gasteiger partial charge on any atom is -0.490 e.